The van der Waals surface area contributed by atoms with Crippen molar-refractivity contribution in [1.82, 2.24) is 4.98 Å². The van der Waals surface area contributed by atoms with Gasteiger partial charge in [0.2, 0.25) is 0 Å². The molecule has 1 aromatic heterocycles. The zero-order valence-electron chi connectivity index (χ0n) is 9.78. The van der Waals surface area contributed by atoms with Crippen LogP contribution in [0.4, 0.5) is 10.2 Å². The summed E-state index contributed by atoms with van der Waals surface area (Å²) >= 11 is 11.7. The van der Waals surface area contributed by atoms with Crippen LogP contribution in [0.15, 0.2) is 30.5 Å². The highest BCUT2D eigenvalue weighted by molar-refractivity contribution is 6.31. The minimum atomic E-state index is -1.03. The van der Waals surface area contributed by atoms with Gasteiger partial charge in [-0.25, -0.2) is 9.37 Å². The van der Waals surface area contributed by atoms with Crippen molar-refractivity contribution < 1.29 is 9.50 Å². The molecular weight excluding hydrogens is 290 g/mol. The molecule has 19 heavy (non-hydrogen) atoms. The van der Waals surface area contributed by atoms with E-state index in [2.05, 4.69) is 4.98 Å². The third-order valence-corrected chi connectivity index (χ3v) is 3.30. The number of anilines is 1. The predicted octanol–water partition coefficient (Wildman–Crippen LogP) is 3.39. The molecule has 2 aromatic rings. The van der Waals surface area contributed by atoms with Crippen LogP contribution in [-0.2, 0) is 6.42 Å². The van der Waals surface area contributed by atoms with E-state index >= 15 is 0 Å². The maximum atomic E-state index is 13.6. The Morgan fingerprint density at radius 1 is 1.37 bits per heavy atom. The van der Waals surface area contributed by atoms with Crippen LogP contribution in [0.2, 0.25) is 10.0 Å². The van der Waals surface area contributed by atoms with Gasteiger partial charge in [0.1, 0.15) is 11.6 Å². The van der Waals surface area contributed by atoms with Gasteiger partial charge in [-0.15, -0.1) is 0 Å². The van der Waals surface area contributed by atoms with Gasteiger partial charge in [-0.3, -0.25) is 0 Å². The van der Waals surface area contributed by atoms with Crippen LogP contribution in [0.5, 0.6) is 0 Å². The van der Waals surface area contributed by atoms with Crippen molar-refractivity contribution in [1.29, 1.82) is 0 Å². The van der Waals surface area contributed by atoms with Crippen molar-refractivity contribution in [3.8, 4) is 0 Å². The zero-order chi connectivity index (χ0) is 14.0. The number of halogens is 3. The molecule has 1 aromatic carbocycles. The Labute approximate surface area is 119 Å². The van der Waals surface area contributed by atoms with E-state index in [1.165, 1.54) is 24.4 Å². The van der Waals surface area contributed by atoms with Crippen LogP contribution in [0.25, 0.3) is 0 Å². The highest BCUT2D eigenvalue weighted by atomic mass is 35.5. The Morgan fingerprint density at radius 3 is 2.79 bits per heavy atom. The van der Waals surface area contributed by atoms with E-state index in [0.29, 0.717) is 10.6 Å². The minimum absolute atomic E-state index is 0.00225. The van der Waals surface area contributed by atoms with E-state index < -0.39 is 11.9 Å². The second-order valence-electron chi connectivity index (χ2n) is 4.05. The normalized spacial score (nSPS) is 12.4. The molecule has 3 N–H and O–H groups in total. The summed E-state index contributed by atoms with van der Waals surface area (Å²) < 4.78 is 13.6. The number of hydrogen-bond donors (Lipinski definition) is 2. The van der Waals surface area contributed by atoms with Gasteiger partial charge in [0.15, 0.2) is 0 Å². The number of aliphatic hydroxyl groups is 1. The second-order valence-corrected chi connectivity index (χ2v) is 4.89. The highest BCUT2D eigenvalue weighted by Gasteiger charge is 2.17. The fourth-order valence-corrected chi connectivity index (χ4v) is 2.17. The average molecular weight is 301 g/mol. The molecule has 100 valence electrons. The smallest absolute Gasteiger partial charge is 0.129 e. The van der Waals surface area contributed by atoms with E-state index in [-0.39, 0.29) is 22.8 Å². The van der Waals surface area contributed by atoms with Crippen molar-refractivity contribution >= 4 is 29.0 Å². The predicted molar refractivity (Wildman–Crippen MR) is 73.7 cm³/mol. The summed E-state index contributed by atoms with van der Waals surface area (Å²) in [6.07, 6.45) is 0.349. The summed E-state index contributed by atoms with van der Waals surface area (Å²) in [5, 5.41) is 10.7. The van der Waals surface area contributed by atoms with E-state index in [1.807, 2.05) is 0 Å². The SMILES string of the molecule is Nc1ncc(Cl)cc1C(O)Cc1c(F)cccc1Cl. The van der Waals surface area contributed by atoms with E-state index in [1.54, 1.807) is 6.07 Å². The number of hydrogen-bond acceptors (Lipinski definition) is 3. The van der Waals surface area contributed by atoms with Crippen LogP contribution in [0, 0.1) is 5.82 Å². The number of aromatic nitrogens is 1. The maximum Gasteiger partial charge on any atom is 0.129 e. The molecule has 1 atom stereocenters. The van der Waals surface area contributed by atoms with Crippen molar-refractivity contribution in [2.75, 3.05) is 5.73 Å². The quantitative estimate of drug-likeness (QED) is 0.913. The van der Waals surface area contributed by atoms with Gasteiger partial charge in [-0.1, -0.05) is 29.3 Å². The first-order valence-corrected chi connectivity index (χ1v) is 6.26. The van der Waals surface area contributed by atoms with Crippen LogP contribution in [0.1, 0.15) is 17.2 Å². The van der Waals surface area contributed by atoms with E-state index in [0.717, 1.165) is 0 Å². The van der Waals surface area contributed by atoms with Gasteiger partial charge < -0.3 is 10.8 Å². The Balaban J connectivity index is 2.31. The number of nitrogen functional groups attached to an aromatic ring is 1. The lowest BCUT2D eigenvalue weighted by Gasteiger charge is -2.14. The fourth-order valence-electron chi connectivity index (χ4n) is 1.76. The topological polar surface area (TPSA) is 59.1 Å². The zero-order valence-corrected chi connectivity index (χ0v) is 11.3. The first kappa shape index (κ1) is 14.1. The van der Waals surface area contributed by atoms with E-state index in [4.69, 9.17) is 28.9 Å². The van der Waals surface area contributed by atoms with E-state index in [9.17, 15) is 9.50 Å². The third kappa shape index (κ3) is 3.15. The number of pyridine rings is 1. The summed E-state index contributed by atoms with van der Waals surface area (Å²) in [5.74, 6) is -0.315. The molecule has 3 nitrogen and oxygen atoms in total. The first-order valence-electron chi connectivity index (χ1n) is 5.51. The lowest BCUT2D eigenvalue weighted by atomic mass is 10.0. The molecule has 6 heteroatoms. The number of aliphatic hydroxyl groups excluding tert-OH is 1. The Bertz CT molecular complexity index is 587. The van der Waals surface area contributed by atoms with Gasteiger partial charge in [-0.05, 0) is 18.2 Å². The Hall–Kier alpha value is -1.36. The van der Waals surface area contributed by atoms with Crippen LogP contribution in [0.3, 0.4) is 0 Å². The van der Waals surface area contributed by atoms with Crippen LogP contribution >= 0.6 is 23.2 Å². The minimum Gasteiger partial charge on any atom is -0.388 e. The maximum absolute atomic E-state index is 13.6. The molecule has 0 spiro atoms. The monoisotopic (exact) mass is 300 g/mol. The molecule has 0 aliphatic carbocycles. The largest absolute Gasteiger partial charge is 0.388 e. The standard InChI is InChI=1S/C13H11Cl2FN2O/c14-7-4-9(13(17)18-6-7)12(19)5-8-10(15)2-1-3-11(8)16/h1-4,6,12,19H,5H2,(H2,17,18). The molecule has 0 bridgehead atoms. The number of nitrogens with zero attached hydrogens (tertiary/aromatic N) is 1. The molecule has 0 saturated carbocycles. The van der Waals surface area contributed by atoms with Crippen molar-refractivity contribution in [2.24, 2.45) is 0 Å². The molecule has 0 aliphatic rings. The molecule has 0 fully saturated rings. The van der Waals surface area contributed by atoms with Crippen LogP contribution in [-0.4, -0.2) is 10.1 Å². The molecule has 0 aliphatic heterocycles. The third-order valence-electron chi connectivity index (χ3n) is 2.73. The first-order chi connectivity index (χ1) is 8.99. The van der Waals surface area contributed by atoms with Gasteiger partial charge in [0, 0.05) is 28.8 Å². The summed E-state index contributed by atoms with van der Waals surface area (Å²) in [7, 11) is 0. The highest BCUT2D eigenvalue weighted by Crippen LogP contribution is 2.28. The number of rotatable bonds is 3. The average Bonchev–Trinajstić information content (AvgIpc) is 2.37. The molecule has 2 rings (SSSR count). The lowest BCUT2D eigenvalue weighted by Crippen LogP contribution is -2.08. The van der Waals surface area contributed by atoms with Gasteiger partial charge in [0.05, 0.1) is 11.1 Å². The lowest BCUT2D eigenvalue weighted by molar-refractivity contribution is 0.177. The molecule has 0 radical (unpaired) electrons. The van der Waals surface area contributed by atoms with Crippen molar-refractivity contribution in [3.05, 3.63) is 57.5 Å². The van der Waals surface area contributed by atoms with Gasteiger partial charge >= 0.3 is 0 Å². The molecule has 0 amide bonds. The molecule has 0 saturated heterocycles. The summed E-state index contributed by atoms with van der Waals surface area (Å²) in [4.78, 5) is 3.85. The summed E-state index contributed by atoms with van der Waals surface area (Å²) in [6.45, 7) is 0. The van der Waals surface area contributed by atoms with Gasteiger partial charge in [-0.2, -0.15) is 0 Å². The number of nitrogens with two attached hydrogens (primary N) is 1. The summed E-state index contributed by atoms with van der Waals surface area (Å²) in [5.41, 5.74) is 6.25. The second kappa shape index (κ2) is 5.74. The van der Waals surface area contributed by atoms with Gasteiger partial charge in [0.25, 0.3) is 0 Å². The van der Waals surface area contributed by atoms with Crippen LogP contribution < -0.4 is 5.73 Å². The molecular formula is C13H11Cl2FN2O. The fraction of sp³-hybridized carbons (Fsp3) is 0.154. The van der Waals surface area contributed by atoms with Crippen molar-refractivity contribution in [3.63, 3.8) is 0 Å². The Morgan fingerprint density at radius 2 is 2.11 bits per heavy atom. The summed E-state index contributed by atoms with van der Waals surface area (Å²) in [6, 6.07) is 5.85. The van der Waals surface area contributed by atoms with Crippen molar-refractivity contribution in [2.45, 2.75) is 12.5 Å². The Kier molecular flexibility index (Phi) is 4.24. The number of benzene rings is 1. The molecule has 1 heterocycles. The molecule has 1 unspecified atom stereocenters.